The third-order valence-electron chi connectivity index (χ3n) is 3.06. The molecule has 8 heteroatoms. The van der Waals surface area contributed by atoms with E-state index < -0.39 is 16.4 Å². The fourth-order valence-electron chi connectivity index (χ4n) is 1.91. The van der Waals surface area contributed by atoms with Crippen LogP contribution in [0.4, 0.5) is 21.5 Å². The summed E-state index contributed by atoms with van der Waals surface area (Å²) in [6, 6.07) is 8.80. The predicted molar refractivity (Wildman–Crippen MR) is 89.1 cm³/mol. The highest BCUT2D eigenvalue weighted by atomic mass is 79.9. The Labute approximate surface area is 140 Å². The lowest BCUT2D eigenvalue weighted by atomic mass is 10.2. The minimum atomic E-state index is -0.921. The van der Waals surface area contributed by atoms with Gasteiger partial charge in [0.05, 0.1) is 11.5 Å². The van der Waals surface area contributed by atoms with E-state index in [0.29, 0.717) is 11.4 Å². The van der Waals surface area contributed by atoms with Crippen molar-refractivity contribution in [3.8, 4) is 0 Å². The average molecular weight is 382 g/mol. The molecule has 0 fully saturated rings. The number of hydrogen-bond donors (Lipinski definition) is 2. The van der Waals surface area contributed by atoms with Gasteiger partial charge in [-0.1, -0.05) is 15.9 Å². The molecule has 0 aliphatic rings. The first kappa shape index (κ1) is 16.9. The van der Waals surface area contributed by atoms with Gasteiger partial charge in [-0.05, 0) is 42.8 Å². The minimum Gasteiger partial charge on any atom is -0.376 e. The summed E-state index contributed by atoms with van der Waals surface area (Å²) in [7, 11) is 0. The highest BCUT2D eigenvalue weighted by molar-refractivity contribution is 9.10. The van der Waals surface area contributed by atoms with Crippen molar-refractivity contribution in [3.05, 3.63) is 62.4 Å². The Balaban J connectivity index is 1.99. The van der Waals surface area contributed by atoms with Crippen molar-refractivity contribution in [2.24, 2.45) is 0 Å². The molecule has 6 nitrogen and oxygen atoms in total. The summed E-state index contributed by atoms with van der Waals surface area (Å²) in [5, 5.41) is 16.1. The lowest BCUT2D eigenvalue weighted by Gasteiger charge is -2.10. The van der Waals surface area contributed by atoms with E-state index in [9.17, 15) is 19.3 Å². The molecule has 2 N–H and O–H groups in total. The van der Waals surface area contributed by atoms with Crippen LogP contribution in [0, 0.1) is 22.9 Å². The standard InChI is InChI=1S/C15H13BrFN3O3/c1-9-6-10(16)2-5-13(9)19-15(21)8-18-11-3-4-12(17)14(7-11)20(22)23/h2-7,18H,8H2,1H3,(H,19,21). The number of nitro benzene ring substituents is 1. The number of amides is 1. The summed E-state index contributed by atoms with van der Waals surface area (Å²) >= 11 is 3.34. The van der Waals surface area contributed by atoms with Crippen LogP contribution in [0.15, 0.2) is 40.9 Å². The lowest BCUT2D eigenvalue weighted by Crippen LogP contribution is -2.22. The van der Waals surface area contributed by atoms with Gasteiger partial charge in [0.1, 0.15) is 0 Å². The summed E-state index contributed by atoms with van der Waals surface area (Å²) in [5.74, 6) is -1.24. The second-order valence-corrected chi connectivity index (χ2v) is 5.70. The zero-order valence-corrected chi connectivity index (χ0v) is 13.7. The average Bonchev–Trinajstić information content (AvgIpc) is 2.49. The Morgan fingerprint density at radius 3 is 2.70 bits per heavy atom. The van der Waals surface area contributed by atoms with E-state index in [-0.39, 0.29) is 12.5 Å². The summed E-state index contributed by atoms with van der Waals surface area (Å²) in [4.78, 5) is 21.8. The molecule has 0 aliphatic heterocycles. The first-order chi connectivity index (χ1) is 10.9. The lowest BCUT2D eigenvalue weighted by molar-refractivity contribution is -0.387. The van der Waals surface area contributed by atoms with Crippen molar-refractivity contribution in [1.82, 2.24) is 0 Å². The Morgan fingerprint density at radius 1 is 1.30 bits per heavy atom. The number of nitrogens with one attached hydrogen (secondary N) is 2. The maximum Gasteiger partial charge on any atom is 0.306 e. The molecule has 2 rings (SSSR count). The van der Waals surface area contributed by atoms with Gasteiger partial charge in [-0.2, -0.15) is 4.39 Å². The van der Waals surface area contributed by atoms with Crippen LogP contribution in [0.25, 0.3) is 0 Å². The number of carbonyl (C=O) groups is 1. The van der Waals surface area contributed by atoms with Crippen LogP contribution >= 0.6 is 15.9 Å². The van der Waals surface area contributed by atoms with E-state index >= 15 is 0 Å². The van der Waals surface area contributed by atoms with Gasteiger partial charge in [-0.15, -0.1) is 0 Å². The van der Waals surface area contributed by atoms with E-state index in [1.807, 2.05) is 13.0 Å². The number of halogens is 2. The van der Waals surface area contributed by atoms with Crippen molar-refractivity contribution in [2.75, 3.05) is 17.2 Å². The van der Waals surface area contributed by atoms with E-state index in [1.165, 1.54) is 6.07 Å². The normalized spacial score (nSPS) is 10.2. The van der Waals surface area contributed by atoms with Crippen LogP contribution in [0.3, 0.4) is 0 Å². The van der Waals surface area contributed by atoms with Crippen LogP contribution in [-0.2, 0) is 4.79 Å². The zero-order valence-electron chi connectivity index (χ0n) is 12.1. The molecule has 0 saturated carbocycles. The van der Waals surface area contributed by atoms with Crippen molar-refractivity contribution < 1.29 is 14.1 Å². The number of anilines is 2. The molecule has 1 amide bonds. The SMILES string of the molecule is Cc1cc(Br)ccc1NC(=O)CNc1ccc(F)c([N+](=O)[O-])c1. The van der Waals surface area contributed by atoms with Crippen LogP contribution < -0.4 is 10.6 Å². The minimum absolute atomic E-state index is 0.0989. The highest BCUT2D eigenvalue weighted by Gasteiger charge is 2.14. The molecule has 23 heavy (non-hydrogen) atoms. The number of benzene rings is 2. The Hall–Kier alpha value is -2.48. The van der Waals surface area contributed by atoms with Crippen molar-refractivity contribution in [2.45, 2.75) is 6.92 Å². The zero-order chi connectivity index (χ0) is 17.0. The van der Waals surface area contributed by atoms with Gasteiger partial charge in [-0.3, -0.25) is 14.9 Å². The Bertz CT molecular complexity index is 768. The van der Waals surface area contributed by atoms with Gasteiger partial charge in [0, 0.05) is 21.9 Å². The van der Waals surface area contributed by atoms with Crippen LogP contribution in [0.2, 0.25) is 0 Å². The molecule has 0 aromatic heterocycles. The molecule has 0 spiro atoms. The van der Waals surface area contributed by atoms with Crippen molar-refractivity contribution in [1.29, 1.82) is 0 Å². The molecule has 0 heterocycles. The number of aryl methyl sites for hydroxylation is 1. The number of nitro groups is 1. The molecule has 2 aromatic carbocycles. The van der Waals surface area contributed by atoms with Gasteiger partial charge in [0.2, 0.25) is 11.7 Å². The monoisotopic (exact) mass is 381 g/mol. The largest absolute Gasteiger partial charge is 0.376 e. The number of nitrogens with zero attached hydrogens (tertiary/aromatic N) is 1. The van der Waals surface area contributed by atoms with E-state index in [2.05, 4.69) is 26.6 Å². The van der Waals surface area contributed by atoms with Gasteiger partial charge in [0.25, 0.3) is 0 Å². The first-order valence-corrected chi connectivity index (χ1v) is 7.40. The smallest absolute Gasteiger partial charge is 0.306 e. The predicted octanol–water partition coefficient (Wildman–Crippen LogP) is 3.86. The molecule has 0 saturated heterocycles. The van der Waals surface area contributed by atoms with Gasteiger partial charge in [0.15, 0.2) is 0 Å². The second kappa shape index (κ2) is 7.19. The summed E-state index contributed by atoms with van der Waals surface area (Å²) in [5.41, 5.74) is 1.22. The fourth-order valence-corrected chi connectivity index (χ4v) is 2.38. The number of rotatable bonds is 5. The molecule has 120 valence electrons. The molecule has 0 bridgehead atoms. The topological polar surface area (TPSA) is 84.3 Å². The maximum atomic E-state index is 13.2. The summed E-state index contributed by atoms with van der Waals surface area (Å²) < 4.78 is 14.1. The molecule has 2 aromatic rings. The third kappa shape index (κ3) is 4.49. The Kier molecular flexibility index (Phi) is 5.28. The second-order valence-electron chi connectivity index (χ2n) is 4.78. The third-order valence-corrected chi connectivity index (χ3v) is 3.55. The molecule has 0 atom stereocenters. The van der Waals surface area contributed by atoms with E-state index in [0.717, 1.165) is 22.2 Å². The number of carbonyl (C=O) groups excluding carboxylic acids is 1. The number of hydrogen-bond acceptors (Lipinski definition) is 4. The van der Waals surface area contributed by atoms with Crippen LogP contribution in [-0.4, -0.2) is 17.4 Å². The van der Waals surface area contributed by atoms with E-state index in [1.54, 1.807) is 12.1 Å². The Morgan fingerprint density at radius 2 is 2.04 bits per heavy atom. The summed E-state index contributed by atoms with van der Waals surface area (Å²) in [6.07, 6.45) is 0. The molecule has 0 radical (unpaired) electrons. The van der Waals surface area contributed by atoms with Crippen LogP contribution in [0.1, 0.15) is 5.56 Å². The van der Waals surface area contributed by atoms with Gasteiger partial charge in [-0.25, -0.2) is 0 Å². The molecular formula is C15H13BrFN3O3. The van der Waals surface area contributed by atoms with Crippen molar-refractivity contribution >= 4 is 38.9 Å². The molecule has 0 aliphatic carbocycles. The van der Waals surface area contributed by atoms with Crippen molar-refractivity contribution in [3.63, 3.8) is 0 Å². The van der Waals surface area contributed by atoms with Crippen LogP contribution in [0.5, 0.6) is 0 Å². The van der Waals surface area contributed by atoms with E-state index in [4.69, 9.17) is 0 Å². The fraction of sp³-hybridized carbons (Fsp3) is 0.133. The maximum absolute atomic E-state index is 13.2. The molecular weight excluding hydrogens is 369 g/mol. The first-order valence-electron chi connectivity index (χ1n) is 6.60. The quantitative estimate of drug-likeness (QED) is 0.608. The van der Waals surface area contributed by atoms with Gasteiger partial charge < -0.3 is 10.6 Å². The molecule has 0 unspecified atom stereocenters. The summed E-state index contributed by atoms with van der Waals surface area (Å²) in [6.45, 7) is 1.76. The highest BCUT2D eigenvalue weighted by Crippen LogP contribution is 2.22. The van der Waals surface area contributed by atoms with Gasteiger partial charge >= 0.3 is 5.69 Å².